The van der Waals surface area contributed by atoms with Gasteiger partial charge in [-0.15, -0.1) is 0 Å². The van der Waals surface area contributed by atoms with Crippen LogP contribution in [0, 0.1) is 0 Å². The molecule has 0 bridgehead atoms. The highest BCUT2D eigenvalue weighted by molar-refractivity contribution is 7.92. The monoisotopic (exact) mass is 394 g/mol. The van der Waals surface area contributed by atoms with E-state index in [4.69, 9.17) is 11.6 Å². The molecular formula is C19H23ClN2O3S. The summed E-state index contributed by atoms with van der Waals surface area (Å²) in [6.07, 6.45) is 1.08. The SMILES string of the molecule is CC(C)c1ccccc1NC(=O)C(C)N(c1ccc(Cl)cc1)S(C)(=O)=O. The number of carbonyl (C=O) groups is 1. The van der Waals surface area contributed by atoms with E-state index in [1.165, 1.54) is 0 Å². The second-order valence-corrected chi connectivity index (χ2v) is 8.74. The zero-order valence-electron chi connectivity index (χ0n) is 15.2. The van der Waals surface area contributed by atoms with E-state index in [0.717, 1.165) is 16.1 Å². The van der Waals surface area contributed by atoms with Crippen LogP contribution in [0.5, 0.6) is 0 Å². The van der Waals surface area contributed by atoms with Crippen molar-refractivity contribution in [2.45, 2.75) is 32.7 Å². The minimum absolute atomic E-state index is 0.226. The van der Waals surface area contributed by atoms with E-state index in [1.807, 2.05) is 38.1 Å². The van der Waals surface area contributed by atoms with Gasteiger partial charge in [0.15, 0.2) is 0 Å². The minimum Gasteiger partial charge on any atom is -0.324 e. The lowest BCUT2D eigenvalue weighted by molar-refractivity contribution is -0.116. The Morgan fingerprint density at radius 1 is 1.04 bits per heavy atom. The maximum Gasteiger partial charge on any atom is 0.248 e. The van der Waals surface area contributed by atoms with Crippen molar-refractivity contribution in [3.05, 3.63) is 59.1 Å². The molecule has 0 aromatic heterocycles. The fraction of sp³-hybridized carbons (Fsp3) is 0.316. The molecule has 1 amide bonds. The number of sulfonamides is 1. The van der Waals surface area contributed by atoms with E-state index in [0.29, 0.717) is 16.4 Å². The van der Waals surface area contributed by atoms with Crippen LogP contribution in [-0.4, -0.2) is 26.6 Å². The van der Waals surface area contributed by atoms with Gasteiger partial charge in [-0.2, -0.15) is 0 Å². The van der Waals surface area contributed by atoms with Gasteiger partial charge in [0.25, 0.3) is 0 Å². The van der Waals surface area contributed by atoms with Gasteiger partial charge in [0, 0.05) is 10.7 Å². The number of para-hydroxylation sites is 1. The van der Waals surface area contributed by atoms with Gasteiger partial charge in [0.05, 0.1) is 11.9 Å². The van der Waals surface area contributed by atoms with Gasteiger partial charge in [0.2, 0.25) is 15.9 Å². The van der Waals surface area contributed by atoms with Crippen LogP contribution in [0.25, 0.3) is 0 Å². The van der Waals surface area contributed by atoms with Gasteiger partial charge in [-0.1, -0.05) is 43.6 Å². The molecule has 5 nitrogen and oxygen atoms in total. The third kappa shape index (κ3) is 4.77. The van der Waals surface area contributed by atoms with Crippen LogP contribution in [-0.2, 0) is 14.8 Å². The molecule has 0 saturated heterocycles. The Bertz CT molecular complexity index is 880. The van der Waals surface area contributed by atoms with E-state index in [2.05, 4.69) is 5.32 Å². The molecule has 26 heavy (non-hydrogen) atoms. The standard InChI is InChI=1S/C19H23ClN2O3S/c1-13(2)17-7-5-6-8-18(17)21-19(23)14(3)22(26(4,24)25)16-11-9-15(20)10-12-16/h5-14H,1-4H3,(H,21,23). The van der Waals surface area contributed by atoms with Crippen LogP contribution in [0.15, 0.2) is 48.5 Å². The summed E-state index contributed by atoms with van der Waals surface area (Å²) in [6, 6.07) is 12.9. The summed E-state index contributed by atoms with van der Waals surface area (Å²) in [5.41, 5.74) is 2.06. The molecule has 0 aliphatic heterocycles. The van der Waals surface area contributed by atoms with E-state index in [9.17, 15) is 13.2 Å². The summed E-state index contributed by atoms with van der Waals surface area (Å²) in [5.74, 6) is -0.178. The van der Waals surface area contributed by atoms with E-state index < -0.39 is 22.0 Å². The molecule has 0 spiro atoms. The fourth-order valence-electron chi connectivity index (χ4n) is 2.75. The summed E-state index contributed by atoms with van der Waals surface area (Å²) in [7, 11) is -3.66. The Balaban J connectivity index is 2.33. The number of carbonyl (C=O) groups excluding carboxylic acids is 1. The van der Waals surface area contributed by atoms with E-state index in [1.54, 1.807) is 31.2 Å². The second kappa shape index (κ2) is 8.10. The molecule has 2 rings (SSSR count). The largest absolute Gasteiger partial charge is 0.324 e. The van der Waals surface area contributed by atoms with Crippen molar-refractivity contribution in [2.75, 3.05) is 15.9 Å². The predicted molar refractivity (Wildman–Crippen MR) is 107 cm³/mol. The van der Waals surface area contributed by atoms with Crippen LogP contribution in [0.2, 0.25) is 5.02 Å². The smallest absolute Gasteiger partial charge is 0.248 e. The average Bonchev–Trinajstić information content (AvgIpc) is 2.55. The number of hydrogen-bond acceptors (Lipinski definition) is 3. The molecule has 0 fully saturated rings. The first-order chi connectivity index (χ1) is 12.1. The van der Waals surface area contributed by atoms with Crippen molar-refractivity contribution >= 4 is 38.9 Å². The molecule has 1 atom stereocenters. The summed E-state index contributed by atoms with van der Waals surface area (Å²) in [5, 5.41) is 3.35. The molecule has 140 valence electrons. The van der Waals surface area contributed by atoms with Crippen molar-refractivity contribution in [1.82, 2.24) is 0 Å². The Kier molecular flexibility index (Phi) is 6.31. The Morgan fingerprint density at radius 2 is 1.62 bits per heavy atom. The van der Waals surface area contributed by atoms with Gasteiger partial charge in [-0.3, -0.25) is 9.10 Å². The highest BCUT2D eigenvalue weighted by Gasteiger charge is 2.29. The fourth-order valence-corrected chi connectivity index (χ4v) is 4.05. The molecule has 1 N–H and O–H groups in total. The maximum absolute atomic E-state index is 12.8. The normalized spacial score (nSPS) is 12.7. The van der Waals surface area contributed by atoms with Crippen molar-refractivity contribution in [3.63, 3.8) is 0 Å². The van der Waals surface area contributed by atoms with Gasteiger partial charge in [-0.05, 0) is 48.7 Å². The van der Waals surface area contributed by atoms with Crippen molar-refractivity contribution in [3.8, 4) is 0 Å². The lowest BCUT2D eigenvalue weighted by Crippen LogP contribution is -2.45. The highest BCUT2D eigenvalue weighted by atomic mass is 35.5. The van der Waals surface area contributed by atoms with Crippen molar-refractivity contribution in [1.29, 1.82) is 0 Å². The summed E-state index contributed by atoms with van der Waals surface area (Å²) < 4.78 is 25.7. The minimum atomic E-state index is -3.66. The molecule has 1 unspecified atom stereocenters. The van der Waals surface area contributed by atoms with Crippen LogP contribution in [0.1, 0.15) is 32.3 Å². The molecule has 0 aliphatic rings. The number of anilines is 2. The second-order valence-electron chi connectivity index (χ2n) is 6.44. The van der Waals surface area contributed by atoms with Gasteiger partial charge >= 0.3 is 0 Å². The highest BCUT2D eigenvalue weighted by Crippen LogP contribution is 2.26. The third-order valence-electron chi connectivity index (χ3n) is 4.01. The Labute approximate surface area is 160 Å². The first-order valence-corrected chi connectivity index (χ1v) is 10.5. The average molecular weight is 395 g/mol. The zero-order valence-corrected chi connectivity index (χ0v) is 16.8. The van der Waals surface area contributed by atoms with Crippen LogP contribution < -0.4 is 9.62 Å². The third-order valence-corrected chi connectivity index (χ3v) is 5.50. The number of rotatable bonds is 6. The number of nitrogens with zero attached hydrogens (tertiary/aromatic N) is 1. The van der Waals surface area contributed by atoms with Crippen molar-refractivity contribution < 1.29 is 13.2 Å². The topological polar surface area (TPSA) is 66.5 Å². The quantitative estimate of drug-likeness (QED) is 0.796. The Morgan fingerprint density at radius 3 is 2.15 bits per heavy atom. The van der Waals surface area contributed by atoms with E-state index in [-0.39, 0.29) is 5.92 Å². The van der Waals surface area contributed by atoms with Gasteiger partial charge in [-0.25, -0.2) is 8.42 Å². The van der Waals surface area contributed by atoms with E-state index >= 15 is 0 Å². The predicted octanol–water partition coefficient (Wildman–Crippen LogP) is 4.26. The Hall–Kier alpha value is -2.05. The molecule has 0 aliphatic carbocycles. The molecule has 0 saturated carbocycles. The van der Waals surface area contributed by atoms with Crippen LogP contribution >= 0.6 is 11.6 Å². The molecular weight excluding hydrogens is 372 g/mol. The summed E-state index contributed by atoms with van der Waals surface area (Å²) in [6.45, 7) is 5.62. The van der Waals surface area contributed by atoms with Gasteiger partial charge < -0.3 is 5.32 Å². The summed E-state index contributed by atoms with van der Waals surface area (Å²) >= 11 is 5.88. The molecule has 2 aromatic carbocycles. The molecule has 0 heterocycles. The maximum atomic E-state index is 12.8. The number of halogens is 1. The molecule has 0 radical (unpaired) electrons. The molecule has 2 aromatic rings. The number of benzene rings is 2. The van der Waals surface area contributed by atoms with Crippen LogP contribution in [0.3, 0.4) is 0 Å². The van der Waals surface area contributed by atoms with Crippen molar-refractivity contribution in [2.24, 2.45) is 0 Å². The molecule has 7 heteroatoms. The lowest BCUT2D eigenvalue weighted by atomic mass is 10.0. The lowest BCUT2D eigenvalue weighted by Gasteiger charge is -2.28. The number of hydrogen-bond donors (Lipinski definition) is 1. The number of nitrogens with one attached hydrogen (secondary N) is 1. The first-order valence-electron chi connectivity index (χ1n) is 8.26. The zero-order chi connectivity index (χ0) is 19.5. The number of amides is 1. The first kappa shape index (κ1) is 20.3. The summed E-state index contributed by atoms with van der Waals surface area (Å²) in [4.78, 5) is 12.8. The van der Waals surface area contributed by atoms with Crippen LogP contribution in [0.4, 0.5) is 11.4 Å². The van der Waals surface area contributed by atoms with Gasteiger partial charge in [0.1, 0.15) is 6.04 Å².